The molecule has 5 nitrogen and oxygen atoms in total. The van der Waals surface area contributed by atoms with Crippen molar-refractivity contribution in [2.24, 2.45) is 0 Å². The number of ether oxygens (including phenoxy) is 1. The summed E-state index contributed by atoms with van der Waals surface area (Å²) in [5.74, 6) is 0. The molecule has 0 aliphatic carbocycles. The van der Waals surface area contributed by atoms with Crippen LogP contribution in [0.2, 0.25) is 0 Å². The lowest BCUT2D eigenvalue weighted by molar-refractivity contribution is 0.0904. The SMILES string of the molecule is CNS(=O)(=O)c1ccccc1NC1CCOCC1. The molecule has 2 rings (SSSR count). The topological polar surface area (TPSA) is 67.4 Å². The molecule has 0 spiro atoms. The Morgan fingerprint density at radius 2 is 1.89 bits per heavy atom. The highest BCUT2D eigenvalue weighted by Crippen LogP contribution is 2.23. The number of rotatable bonds is 4. The maximum absolute atomic E-state index is 11.9. The molecule has 0 unspecified atom stereocenters. The Labute approximate surface area is 108 Å². The number of anilines is 1. The summed E-state index contributed by atoms with van der Waals surface area (Å²) in [6.07, 6.45) is 1.79. The Bertz CT molecular complexity index is 496. The zero-order valence-corrected chi connectivity index (χ0v) is 11.2. The minimum Gasteiger partial charge on any atom is -0.381 e. The fraction of sp³-hybridized carbons (Fsp3) is 0.500. The number of nitrogens with one attached hydrogen (secondary N) is 2. The minimum absolute atomic E-state index is 0.270. The summed E-state index contributed by atoms with van der Waals surface area (Å²) in [6, 6.07) is 7.22. The number of para-hydroxylation sites is 1. The van der Waals surface area contributed by atoms with Crippen LogP contribution in [-0.4, -0.2) is 34.7 Å². The van der Waals surface area contributed by atoms with Crippen molar-refractivity contribution in [2.75, 3.05) is 25.6 Å². The molecule has 18 heavy (non-hydrogen) atoms. The van der Waals surface area contributed by atoms with Gasteiger partial charge in [0.15, 0.2) is 0 Å². The van der Waals surface area contributed by atoms with Gasteiger partial charge in [-0.25, -0.2) is 13.1 Å². The Kier molecular flexibility index (Phi) is 4.21. The second kappa shape index (κ2) is 5.69. The molecule has 0 aromatic heterocycles. The first-order valence-electron chi connectivity index (χ1n) is 6.00. The molecule has 100 valence electrons. The van der Waals surface area contributed by atoms with Crippen LogP contribution in [0.3, 0.4) is 0 Å². The molecule has 1 aromatic rings. The number of hydrogen-bond acceptors (Lipinski definition) is 4. The van der Waals surface area contributed by atoms with E-state index in [0.29, 0.717) is 10.6 Å². The average molecular weight is 270 g/mol. The number of hydrogen-bond donors (Lipinski definition) is 2. The van der Waals surface area contributed by atoms with Crippen LogP contribution in [-0.2, 0) is 14.8 Å². The fourth-order valence-electron chi connectivity index (χ4n) is 1.99. The zero-order chi connectivity index (χ0) is 13.0. The fourth-order valence-corrected chi connectivity index (χ4v) is 2.89. The van der Waals surface area contributed by atoms with Gasteiger partial charge >= 0.3 is 0 Å². The van der Waals surface area contributed by atoms with E-state index < -0.39 is 10.0 Å². The molecule has 1 saturated heterocycles. The van der Waals surface area contributed by atoms with Gasteiger partial charge in [-0.1, -0.05) is 12.1 Å². The Hall–Kier alpha value is -1.11. The van der Waals surface area contributed by atoms with Gasteiger partial charge in [0.05, 0.1) is 5.69 Å². The van der Waals surface area contributed by atoms with Gasteiger partial charge in [-0.05, 0) is 32.0 Å². The first-order valence-corrected chi connectivity index (χ1v) is 7.48. The van der Waals surface area contributed by atoms with E-state index in [-0.39, 0.29) is 6.04 Å². The van der Waals surface area contributed by atoms with Crippen LogP contribution in [0.1, 0.15) is 12.8 Å². The molecule has 0 bridgehead atoms. The summed E-state index contributed by atoms with van der Waals surface area (Å²) < 4.78 is 31.4. The maximum Gasteiger partial charge on any atom is 0.242 e. The highest BCUT2D eigenvalue weighted by atomic mass is 32.2. The third-order valence-electron chi connectivity index (χ3n) is 3.03. The quantitative estimate of drug-likeness (QED) is 0.862. The van der Waals surface area contributed by atoms with E-state index in [1.54, 1.807) is 18.2 Å². The molecule has 6 heteroatoms. The molecule has 1 fully saturated rings. The predicted octanol–water partition coefficient (Wildman–Crippen LogP) is 1.19. The molecule has 0 amide bonds. The van der Waals surface area contributed by atoms with Gasteiger partial charge in [0.1, 0.15) is 4.90 Å². The van der Waals surface area contributed by atoms with Crippen molar-refractivity contribution in [1.29, 1.82) is 0 Å². The number of sulfonamides is 1. The lowest BCUT2D eigenvalue weighted by Gasteiger charge is -2.25. The van der Waals surface area contributed by atoms with E-state index in [1.807, 2.05) is 6.07 Å². The van der Waals surface area contributed by atoms with Gasteiger partial charge in [-0.15, -0.1) is 0 Å². The minimum atomic E-state index is -3.42. The predicted molar refractivity (Wildman–Crippen MR) is 70.2 cm³/mol. The molecule has 0 radical (unpaired) electrons. The van der Waals surface area contributed by atoms with Gasteiger partial charge in [0.2, 0.25) is 10.0 Å². The van der Waals surface area contributed by atoms with Gasteiger partial charge in [0.25, 0.3) is 0 Å². The molecule has 1 aromatic carbocycles. The van der Waals surface area contributed by atoms with Crippen LogP contribution >= 0.6 is 0 Å². The van der Waals surface area contributed by atoms with Crippen molar-refractivity contribution >= 4 is 15.7 Å². The first-order chi connectivity index (χ1) is 8.63. The van der Waals surface area contributed by atoms with Crippen LogP contribution in [0.25, 0.3) is 0 Å². The maximum atomic E-state index is 11.9. The summed E-state index contributed by atoms with van der Waals surface area (Å²) in [5, 5.41) is 3.29. The smallest absolute Gasteiger partial charge is 0.242 e. The molecule has 1 heterocycles. The second-order valence-corrected chi connectivity index (χ2v) is 6.09. The lowest BCUT2D eigenvalue weighted by atomic mass is 10.1. The Balaban J connectivity index is 2.22. The van der Waals surface area contributed by atoms with Crippen LogP contribution in [0.5, 0.6) is 0 Å². The van der Waals surface area contributed by atoms with Crippen molar-refractivity contribution in [1.82, 2.24) is 4.72 Å². The molecule has 1 aliphatic rings. The summed E-state index contributed by atoms with van der Waals surface area (Å²) in [7, 11) is -2.01. The first kappa shape index (κ1) is 13.3. The summed E-state index contributed by atoms with van der Waals surface area (Å²) in [4.78, 5) is 0.291. The van der Waals surface area contributed by atoms with Gasteiger partial charge in [-0.2, -0.15) is 0 Å². The zero-order valence-electron chi connectivity index (χ0n) is 10.3. The van der Waals surface area contributed by atoms with E-state index in [4.69, 9.17) is 4.74 Å². The Morgan fingerprint density at radius 1 is 1.22 bits per heavy atom. The third kappa shape index (κ3) is 3.01. The van der Waals surface area contributed by atoms with E-state index >= 15 is 0 Å². The summed E-state index contributed by atoms with van der Waals surface area (Å²) in [5.41, 5.74) is 0.652. The Morgan fingerprint density at radius 3 is 2.56 bits per heavy atom. The van der Waals surface area contributed by atoms with Crippen molar-refractivity contribution in [3.63, 3.8) is 0 Å². The van der Waals surface area contributed by atoms with Crippen LogP contribution < -0.4 is 10.0 Å². The van der Waals surface area contributed by atoms with Crippen molar-refractivity contribution in [3.8, 4) is 0 Å². The van der Waals surface area contributed by atoms with Crippen molar-refractivity contribution < 1.29 is 13.2 Å². The monoisotopic (exact) mass is 270 g/mol. The molecular weight excluding hydrogens is 252 g/mol. The van der Waals surface area contributed by atoms with Gasteiger partial charge in [-0.3, -0.25) is 0 Å². The summed E-state index contributed by atoms with van der Waals surface area (Å²) in [6.45, 7) is 1.44. The van der Waals surface area contributed by atoms with Crippen molar-refractivity contribution in [2.45, 2.75) is 23.8 Å². The summed E-state index contributed by atoms with van der Waals surface area (Å²) >= 11 is 0. The normalized spacial score (nSPS) is 17.6. The third-order valence-corrected chi connectivity index (χ3v) is 4.50. The molecule has 1 aliphatic heterocycles. The molecule has 0 saturated carbocycles. The van der Waals surface area contributed by atoms with Crippen LogP contribution in [0.15, 0.2) is 29.2 Å². The highest BCUT2D eigenvalue weighted by Gasteiger charge is 2.19. The molecule has 2 N–H and O–H groups in total. The highest BCUT2D eigenvalue weighted by molar-refractivity contribution is 7.89. The standard InChI is InChI=1S/C12H18N2O3S/c1-13-18(15,16)12-5-3-2-4-11(12)14-10-6-8-17-9-7-10/h2-5,10,13-14H,6-9H2,1H3. The number of benzene rings is 1. The lowest BCUT2D eigenvalue weighted by Crippen LogP contribution is -2.29. The van der Waals surface area contributed by atoms with Gasteiger partial charge < -0.3 is 10.1 Å². The van der Waals surface area contributed by atoms with E-state index in [1.165, 1.54) is 7.05 Å². The van der Waals surface area contributed by atoms with E-state index in [2.05, 4.69) is 10.0 Å². The average Bonchev–Trinajstić information content (AvgIpc) is 2.40. The van der Waals surface area contributed by atoms with Gasteiger partial charge in [0, 0.05) is 19.3 Å². The second-order valence-electron chi connectivity index (χ2n) is 4.23. The van der Waals surface area contributed by atoms with Crippen LogP contribution in [0, 0.1) is 0 Å². The molecule has 0 atom stereocenters. The van der Waals surface area contributed by atoms with Crippen LogP contribution in [0.4, 0.5) is 5.69 Å². The van der Waals surface area contributed by atoms with E-state index in [9.17, 15) is 8.42 Å². The largest absolute Gasteiger partial charge is 0.381 e. The van der Waals surface area contributed by atoms with Crippen molar-refractivity contribution in [3.05, 3.63) is 24.3 Å². The molecular formula is C12H18N2O3S. The van der Waals surface area contributed by atoms with E-state index in [0.717, 1.165) is 26.1 Å².